The molecular formula is C18H14Br2INO4. The van der Waals surface area contributed by atoms with E-state index in [2.05, 4.69) is 59.8 Å². The lowest BCUT2D eigenvalue weighted by atomic mass is 10.2. The zero-order valence-electron chi connectivity index (χ0n) is 13.6. The molecule has 0 unspecified atom stereocenters. The third-order valence-electron chi connectivity index (χ3n) is 3.17. The molecule has 2 N–H and O–H groups in total. The number of amides is 1. The molecule has 0 fully saturated rings. The number of rotatable bonds is 6. The van der Waals surface area contributed by atoms with Crippen molar-refractivity contribution in [1.29, 1.82) is 0 Å². The molecule has 0 radical (unpaired) electrons. The Labute approximate surface area is 181 Å². The van der Waals surface area contributed by atoms with Gasteiger partial charge < -0.3 is 15.2 Å². The van der Waals surface area contributed by atoms with Gasteiger partial charge in [0.15, 0.2) is 0 Å². The second kappa shape index (κ2) is 9.52. The summed E-state index contributed by atoms with van der Waals surface area (Å²) >= 11 is 9.12. The van der Waals surface area contributed by atoms with Gasteiger partial charge in [0.05, 0.1) is 8.95 Å². The molecule has 0 aromatic heterocycles. The Morgan fingerprint density at radius 2 is 1.77 bits per heavy atom. The molecule has 0 saturated heterocycles. The van der Waals surface area contributed by atoms with Crippen molar-refractivity contribution in [3.63, 3.8) is 0 Å². The van der Waals surface area contributed by atoms with Crippen molar-refractivity contribution in [2.75, 3.05) is 0 Å². The number of hydrogen-bond acceptors (Lipinski definition) is 3. The van der Waals surface area contributed by atoms with Crippen LogP contribution in [-0.2, 0) is 16.2 Å². The summed E-state index contributed by atoms with van der Waals surface area (Å²) in [7, 11) is 0. The topological polar surface area (TPSA) is 75.6 Å². The van der Waals surface area contributed by atoms with E-state index in [1.165, 1.54) is 13.0 Å². The van der Waals surface area contributed by atoms with Crippen LogP contribution in [0.2, 0.25) is 0 Å². The monoisotopic (exact) mass is 593 g/mol. The van der Waals surface area contributed by atoms with Crippen molar-refractivity contribution < 1.29 is 19.4 Å². The van der Waals surface area contributed by atoms with Gasteiger partial charge in [-0.25, -0.2) is 4.79 Å². The molecule has 0 aliphatic carbocycles. The number of carbonyl (C=O) groups excluding carboxylic acids is 1. The van der Waals surface area contributed by atoms with E-state index < -0.39 is 11.9 Å². The summed E-state index contributed by atoms with van der Waals surface area (Å²) in [4.78, 5) is 22.4. The fraction of sp³-hybridized carbons (Fsp3) is 0.111. The number of carboxylic acid groups (broad SMARTS) is 1. The van der Waals surface area contributed by atoms with Gasteiger partial charge in [-0.3, -0.25) is 4.79 Å². The fourth-order valence-electron chi connectivity index (χ4n) is 2.04. The highest BCUT2D eigenvalue weighted by Crippen LogP contribution is 2.36. The highest BCUT2D eigenvalue weighted by molar-refractivity contribution is 14.1. The fourth-order valence-corrected chi connectivity index (χ4v) is 3.85. The number of ether oxygens (including phenoxy) is 1. The normalized spacial score (nSPS) is 11.2. The molecule has 0 saturated carbocycles. The van der Waals surface area contributed by atoms with E-state index in [9.17, 15) is 14.7 Å². The van der Waals surface area contributed by atoms with E-state index in [0.29, 0.717) is 26.9 Å². The Morgan fingerprint density at radius 3 is 2.27 bits per heavy atom. The maximum absolute atomic E-state index is 11.2. The minimum atomic E-state index is -1.22. The van der Waals surface area contributed by atoms with Crippen molar-refractivity contribution in [1.82, 2.24) is 5.32 Å². The molecule has 1 amide bonds. The minimum Gasteiger partial charge on any atom is -0.487 e. The van der Waals surface area contributed by atoms with Gasteiger partial charge in [-0.15, -0.1) is 0 Å². The molecule has 0 atom stereocenters. The van der Waals surface area contributed by atoms with Crippen LogP contribution in [-0.4, -0.2) is 17.0 Å². The smallest absolute Gasteiger partial charge is 0.352 e. The van der Waals surface area contributed by atoms with Crippen LogP contribution in [0.25, 0.3) is 6.08 Å². The Kier molecular flexibility index (Phi) is 7.66. The molecule has 0 spiro atoms. The Hall–Kier alpha value is -1.39. The summed E-state index contributed by atoms with van der Waals surface area (Å²) in [6.07, 6.45) is 1.38. The highest BCUT2D eigenvalue weighted by Gasteiger charge is 2.12. The summed E-state index contributed by atoms with van der Waals surface area (Å²) in [5, 5.41) is 11.5. The summed E-state index contributed by atoms with van der Waals surface area (Å²) in [5.74, 6) is -1.06. The SMILES string of the molecule is CC(=O)N/C(=C/c1cc(Br)c(OCc2ccc(I)cc2)c(Br)c1)C(=O)O. The first kappa shape index (κ1) is 20.9. The predicted molar refractivity (Wildman–Crippen MR) is 115 cm³/mol. The van der Waals surface area contributed by atoms with Gasteiger partial charge in [-0.1, -0.05) is 12.1 Å². The average molecular weight is 595 g/mol. The quantitative estimate of drug-likeness (QED) is 0.366. The summed E-state index contributed by atoms with van der Waals surface area (Å²) < 4.78 is 8.34. The van der Waals surface area contributed by atoms with Gasteiger partial charge in [0.25, 0.3) is 0 Å². The molecule has 2 rings (SSSR count). The van der Waals surface area contributed by atoms with Crippen molar-refractivity contribution in [2.24, 2.45) is 0 Å². The van der Waals surface area contributed by atoms with Crippen LogP contribution < -0.4 is 10.1 Å². The van der Waals surface area contributed by atoms with Gasteiger partial charge in [0, 0.05) is 10.5 Å². The van der Waals surface area contributed by atoms with E-state index in [1.807, 2.05) is 24.3 Å². The first-order valence-electron chi connectivity index (χ1n) is 7.35. The van der Waals surface area contributed by atoms with Gasteiger partial charge >= 0.3 is 5.97 Å². The van der Waals surface area contributed by atoms with Crippen molar-refractivity contribution in [3.05, 3.63) is 65.7 Å². The molecule has 0 bridgehead atoms. The molecule has 26 heavy (non-hydrogen) atoms. The molecular weight excluding hydrogens is 581 g/mol. The zero-order valence-corrected chi connectivity index (χ0v) is 18.9. The van der Waals surface area contributed by atoms with E-state index in [-0.39, 0.29) is 5.70 Å². The molecule has 0 aliphatic heterocycles. The molecule has 2 aromatic carbocycles. The lowest BCUT2D eigenvalue weighted by Crippen LogP contribution is -2.24. The van der Waals surface area contributed by atoms with Crippen LogP contribution in [0.5, 0.6) is 5.75 Å². The molecule has 0 heterocycles. The number of halogens is 3. The van der Waals surface area contributed by atoms with Crippen LogP contribution in [0.4, 0.5) is 0 Å². The van der Waals surface area contributed by atoms with Crippen LogP contribution in [0, 0.1) is 3.57 Å². The average Bonchev–Trinajstić information content (AvgIpc) is 2.54. The van der Waals surface area contributed by atoms with Crippen LogP contribution in [0.3, 0.4) is 0 Å². The molecule has 2 aromatic rings. The summed E-state index contributed by atoms with van der Waals surface area (Å²) in [6.45, 7) is 1.65. The number of hydrogen-bond donors (Lipinski definition) is 2. The van der Waals surface area contributed by atoms with Gasteiger partial charge in [-0.2, -0.15) is 0 Å². The van der Waals surface area contributed by atoms with E-state index in [1.54, 1.807) is 12.1 Å². The number of carboxylic acids is 1. The number of aliphatic carboxylic acids is 1. The summed E-state index contributed by atoms with van der Waals surface area (Å²) in [6, 6.07) is 11.4. The first-order valence-corrected chi connectivity index (χ1v) is 10.0. The first-order chi connectivity index (χ1) is 12.3. The van der Waals surface area contributed by atoms with Gasteiger partial charge in [0.1, 0.15) is 18.1 Å². The van der Waals surface area contributed by atoms with Crippen LogP contribution in [0.15, 0.2) is 51.0 Å². The van der Waals surface area contributed by atoms with Gasteiger partial charge in [0.2, 0.25) is 5.91 Å². The third kappa shape index (κ3) is 6.10. The predicted octanol–water partition coefficient (Wildman–Crippen LogP) is 4.96. The minimum absolute atomic E-state index is 0.205. The largest absolute Gasteiger partial charge is 0.487 e. The lowest BCUT2D eigenvalue weighted by Gasteiger charge is -2.12. The zero-order chi connectivity index (χ0) is 19.3. The third-order valence-corrected chi connectivity index (χ3v) is 5.07. The standard InChI is InChI=1S/C18H14Br2INO4/c1-10(23)22-16(18(24)25)8-12-6-14(19)17(15(20)7-12)26-9-11-2-4-13(21)5-3-11/h2-8H,9H2,1H3,(H,22,23)(H,24,25)/b16-8+. The van der Waals surface area contributed by atoms with Gasteiger partial charge in [-0.05, 0) is 95.9 Å². The molecule has 136 valence electrons. The van der Waals surface area contributed by atoms with Crippen LogP contribution >= 0.6 is 54.5 Å². The van der Waals surface area contributed by atoms with E-state index in [0.717, 1.165) is 9.13 Å². The Bertz CT molecular complexity index is 843. The number of nitrogens with one attached hydrogen (secondary N) is 1. The van der Waals surface area contributed by atoms with Crippen LogP contribution in [0.1, 0.15) is 18.1 Å². The van der Waals surface area contributed by atoms with E-state index in [4.69, 9.17) is 4.74 Å². The van der Waals surface area contributed by atoms with Crippen molar-refractivity contribution >= 4 is 72.4 Å². The lowest BCUT2D eigenvalue weighted by molar-refractivity contribution is -0.134. The Balaban J connectivity index is 2.22. The summed E-state index contributed by atoms with van der Waals surface area (Å²) in [5.41, 5.74) is 1.42. The molecule has 5 nitrogen and oxygen atoms in total. The second-order valence-electron chi connectivity index (χ2n) is 5.27. The molecule has 0 aliphatic rings. The maximum atomic E-state index is 11.2. The van der Waals surface area contributed by atoms with E-state index >= 15 is 0 Å². The Morgan fingerprint density at radius 1 is 1.19 bits per heavy atom. The van der Waals surface area contributed by atoms with Crippen molar-refractivity contribution in [3.8, 4) is 5.75 Å². The maximum Gasteiger partial charge on any atom is 0.352 e. The number of carbonyl (C=O) groups is 2. The highest BCUT2D eigenvalue weighted by atomic mass is 127. The number of benzene rings is 2. The second-order valence-corrected chi connectivity index (χ2v) is 8.23. The molecule has 8 heteroatoms. The van der Waals surface area contributed by atoms with Crippen molar-refractivity contribution in [2.45, 2.75) is 13.5 Å².